The number of aromatic nitrogens is 3. The molecule has 0 bridgehead atoms. The van der Waals surface area contributed by atoms with Gasteiger partial charge in [-0.25, -0.2) is 9.50 Å². The molecular weight excluding hydrogens is 250 g/mol. The molecule has 2 aromatic heterocycles. The van der Waals surface area contributed by atoms with Crippen LogP contribution in [0.3, 0.4) is 0 Å². The Bertz CT molecular complexity index is 643. The highest BCUT2D eigenvalue weighted by atomic mass is 35.5. The third-order valence-corrected chi connectivity index (χ3v) is 3.58. The van der Waals surface area contributed by atoms with Crippen LogP contribution in [0.1, 0.15) is 13.3 Å². The van der Waals surface area contributed by atoms with Crippen molar-refractivity contribution in [2.24, 2.45) is 5.41 Å². The first-order valence-electron chi connectivity index (χ1n) is 5.77. The zero-order chi connectivity index (χ0) is 12.8. The van der Waals surface area contributed by atoms with Gasteiger partial charge in [0.05, 0.1) is 17.2 Å². The zero-order valence-electron chi connectivity index (χ0n) is 9.97. The molecule has 1 atom stereocenters. The average molecular weight is 262 g/mol. The first-order valence-corrected chi connectivity index (χ1v) is 6.15. The minimum atomic E-state index is -0.292. The van der Waals surface area contributed by atoms with Crippen molar-refractivity contribution < 1.29 is 0 Å². The SMILES string of the molecule is CC1(C#N)CCN(c2cc(Cl)nn3ccnc23)C1. The van der Waals surface area contributed by atoms with Crippen molar-refractivity contribution in [2.75, 3.05) is 18.0 Å². The largest absolute Gasteiger partial charge is 0.367 e. The zero-order valence-corrected chi connectivity index (χ0v) is 10.7. The van der Waals surface area contributed by atoms with Crippen molar-refractivity contribution in [1.82, 2.24) is 14.6 Å². The number of rotatable bonds is 1. The molecule has 1 saturated heterocycles. The second-order valence-corrected chi connectivity index (χ2v) is 5.28. The molecule has 6 heteroatoms. The van der Waals surface area contributed by atoms with Gasteiger partial charge in [-0.2, -0.15) is 10.4 Å². The van der Waals surface area contributed by atoms with Gasteiger partial charge in [-0.15, -0.1) is 0 Å². The third kappa shape index (κ3) is 1.70. The predicted molar refractivity (Wildman–Crippen MR) is 68.5 cm³/mol. The lowest BCUT2D eigenvalue weighted by Crippen LogP contribution is -2.24. The summed E-state index contributed by atoms with van der Waals surface area (Å²) in [6.45, 7) is 3.53. The van der Waals surface area contributed by atoms with E-state index in [1.54, 1.807) is 16.9 Å². The monoisotopic (exact) mass is 261 g/mol. The Morgan fingerprint density at radius 2 is 2.39 bits per heavy atom. The summed E-state index contributed by atoms with van der Waals surface area (Å²) in [5.41, 5.74) is 1.43. The molecule has 0 radical (unpaired) electrons. The molecule has 0 spiro atoms. The smallest absolute Gasteiger partial charge is 0.177 e. The molecular formula is C12H12ClN5. The molecule has 0 amide bonds. The molecule has 1 aliphatic rings. The number of nitrogens with zero attached hydrogens (tertiary/aromatic N) is 5. The van der Waals surface area contributed by atoms with E-state index in [2.05, 4.69) is 21.1 Å². The predicted octanol–water partition coefficient (Wildman–Crippen LogP) is 2.12. The van der Waals surface area contributed by atoms with Crippen molar-refractivity contribution in [3.05, 3.63) is 23.6 Å². The Morgan fingerprint density at radius 3 is 3.11 bits per heavy atom. The number of halogens is 1. The molecule has 18 heavy (non-hydrogen) atoms. The molecule has 0 aliphatic carbocycles. The van der Waals surface area contributed by atoms with Gasteiger partial charge < -0.3 is 4.90 Å². The number of imidazole rings is 1. The third-order valence-electron chi connectivity index (χ3n) is 3.39. The van der Waals surface area contributed by atoms with E-state index in [9.17, 15) is 5.26 Å². The van der Waals surface area contributed by atoms with Crippen LogP contribution < -0.4 is 4.90 Å². The van der Waals surface area contributed by atoms with E-state index in [0.29, 0.717) is 11.7 Å². The second kappa shape index (κ2) is 3.85. The lowest BCUT2D eigenvalue weighted by molar-refractivity contribution is 0.502. The molecule has 3 heterocycles. The van der Waals surface area contributed by atoms with E-state index in [1.807, 2.05) is 13.0 Å². The van der Waals surface area contributed by atoms with Gasteiger partial charge in [0.2, 0.25) is 0 Å². The van der Waals surface area contributed by atoms with E-state index in [1.165, 1.54) is 0 Å². The maximum Gasteiger partial charge on any atom is 0.177 e. The molecule has 1 unspecified atom stereocenters. The highest BCUT2D eigenvalue weighted by Gasteiger charge is 2.35. The fraction of sp³-hybridized carbons (Fsp3) is 0.417. The van der Waals surface area contributed by atoms with Crippen LogP contribution in [0.2, 0.25) is 5.15 Å². The highest BCUT2D eigenvalue weighted by Crippen LogP contribution is 2.34. The van der Waals surface area contributed by atoms with Crippen molar-refractivity contribution in [3.63, 3.8) is 0 Å². The molecule has 2 aromatic rings. The van der Waals surface area contributed by atoms with E-state index in [-0.39, 0.29) is 5.41 Å². The molecule has 1 aliphatic heterocycles. The second-order valence-electron chi connectivity index (χ2n) is 4.89. The summed E-state index contributed by atoms with van der Waals surface area (Å²) in [6.07, 6.45) is 4.32. The summed E-state index contributed by atoms with van der Waals surface area (Å²) in [5.74, 6) is 0. The Hall–Kier alpha value is -1.80. The van der Waals surface area contributed by atoms with Gasteiger partial charge in [0.15, 0.2) is 10.8 Å². The van der Waals surface area contributed by atoms with Gasteiger partial charge in [0, 0.05) is 31.5 Å². The summed E-state index contributed by atoms with van der Waals surface area (Å²) in [5, 5.41) is 13.8. The number of anilines is 1. The van der Waals surface area contributed by atoms with Gasteiger partial charge in [-0.3, -0.25) is 0 Å². The summed E-state index contributed by atoms with van der Waals surface area (Å²) in [4.78, 5) is 6.45. The minimum absolute atomic E-state index is 0.292. The normalized spacial score (nSPS) is 23.5. The minimum Gasteiger partial charge on any atom is -0.367 e. The fourth-order valence-electron chi connectivity index (χ4n) is 2.36. The van der Waals surface area contributed by atoms with Crippen LogP contribution in [0.5, 0.6) is 0 Å². The highest BCUT2D eigenvalue weighted by molar-refractivity contribution is 6.29. The molecule has 0 saturated carbocycles. The Kier molecular flexibility index (Phi) is 2.42. The molecule has 5 nitrogen and oxygen atoms in total. The summed E-state index contributed by atoms with van der Waals surface area (Å²) in [6, 6.07) is 4.19. The Morgan fingerprint density at radius 1 is 1.56 bits per heavy atom. The van der Waals surface area contributed by atoms with Gasteiger partial charge in [-0.1, -0.05) is 11.6 Å². The van der Waals surface area contributed by atoms with Crippen LogP contribution in [0.4, 0.5) is 5.69 Å². The summed E-state index contributed by atoms with van der Waals surface area (Å²) in [7, 11) is 0. The quantitative estimate of drug-likeness (QED) is 0.789. The number of hydrogen-bond acceptors (Lipinski definition) is 4. The molecule has 0 aromatic carbocycles. The molecule has 92 valence electrons. The van der Waals surface area contributed by atoms with E-state index >= 15 is 0 Å². The van der Waals surface area contributed by atoms with Crippen LogP contribution in [0.25, 0.3) is 5.65 Å². The van der Waals surface area contributed by atoms with E-state index in [4.69, 9.17) is 11.6 Å². The van der Waals surface area contributed by atoms with Crippen molar-refractivity contribution in [3.8, 4) is 6.07 Å². The van der Waals surface area contributed by atoms with Crippen LogP contribution in [0.15, 0.2) is 18.5 Å². The topological polar surface area (TPSA) is 57.2 Å². The van der Waals surface area contributed by atoms with Crippen LogP contribution in [-0.2, 0) is 0 Å². The van der Waals surface area contributed by atoms with Crippen molar-refractivity contribution in [2.45, 2.75) is 13.3 Å². The standard InChI is InChI=1S/C12H12ClN5/c1-12(7-14)2-4-17(8-12)9-6-10(13)16-18-5-3-15-11(9)18/h3,5-6H,2,4,8H2,1H3. The van der Waals surface area contributed by atoms with Crippen molar-refractivity contribution in [1.29, 1.82) is 5.26 Å². The van der Waals surface area contributed by atoms with Gasteiger partial charge >= 0.3 is 0 Å². The lowest BCUT2D eigenvalue weighted by atomic mass is 9.92. The number of fused-ring (bicyclic) bond motifs is 1. The van der Waals surface area contributed by atoms with Gasteiger partial charge in [-0.05, 0) is 13.3 Å². The maximum absolute atomic E-state index is 9.18. The van der Waals surface area contributed by atoms with Gasteiger partial charge in [0.25, 0.3) is 0 Å². The number of nitriles is 1. The molecule has 1 fully saturated rings. The van der Waals surface area contributed by atoms with Crippen LogP contribution >= 0.6 is 11.6 Å². The summed E-state index contributed by atoms with van der Waals surface area (Å²) >= 11 is 6.01. The average Bonchev–Trinajstić information content (AvgIpc) is 2.95. The first kappa shape index (κ1) is 11.3. The number of hydrogen-bond donors (Lipinski definition) is 0. The van der Waals surface area contributed by atoms with Gasteiger partial charge in [0.1, 0.15) is 0 Å². The first-order chi connectivity index (χ1) is 8.61. The Labute approximate surface area is 110 Å². The van der Waals surface area contributed by atoms with E-state index in [0.717, 1.165) is 24.3 Å². The molecule has 0 N–H and O–H groups in total. The lowest BCUT2D eigenvalue weighted by Gasteiger charge is -2.20. The Balaban J connectivity index is 2.06. The maximum atomic E-state index is 9.18. The fourth-order valence-corrected chi connectivity index (χ4v) is 2.55. The molecule has 3 rings (SSSR count). The van der Waals surface area contributed by atoms with Crippen LogP contribution in [-0.4, -0.2) is 27.7 Å². The summed E-state index contributed by atoms with van der Waals surface area (Å²) < 4.78 is 1.67. The van der Waals surface area contributed by atoms with Crippen LogP contribution in [0, 0.1) is 16.7 Å². The van der Waals surface area contributed by atoms with E-state index < -0.39 is 0 Å². The van der Waals surface area contributed by atoms with Crippen molar-refractivity contribution >= 4 is 22.9 Å².